The third kappa shape index (κ3) is 4.51. The number of hydrogen-bond acceptors (Lipinski definition) is 5. The minimum absolute atomic E-state index is 0.123. The second kappa shape index (κ2) is 8.73. The van der Waals surface area contributed by atoms with Crippen molar-refractivity contribution in [3.8, 4) is 17.5 Å². The monoisotopic (exact) mass is 415 g/mol. The molecule has 31 heavy (non-hydrogen) atoms. The maximum absolute atomic E-state index is 12.5. The lowest BCUT2D eigenvalue weighted by Gasteiger charge is -2.21. The fourth-order valence-electron chi connectivity index (χ4n) is 3.98. The van der Waals surface area contributed by atoms with Crippen molar-refractivity contribution in [2.75, 3.05) is 6.54 Å². The molecule has 1 saturated carbocycles. The summed E-state index contributed by atoms with van der Waals surface area (Å²) in [4.78, 5) is 28.4. The Bertz CT molecular complexity index is 1160. The number of rotatable bonds is 5. The predicted molar refractivity (Wildman–Crippen MR) is 118 cm³/mol. The van der Waals surface area contributed by atoms with E-state index in [0.717, 1.165) is 24.0 Å². The second-order valence-electron chi connectivity index (χ2n) is 8.47. The SMILES string of the molecule is CC(C)c1cc(C#N)cc2nc(-c3ccc(C(=O)NCC4CCC(=O)CC4)cc3)oc12. The number of aromatic nitrogens is 1. The van der Waals surface area contributed by atoms with Gasteiger partial charge in [0.05, 0.1) is 11.6 Å². The Balaban J connectivity index is 1.49. The van der Waals surface area contributed by atoms with E-state index in [4.69, 9.17) is 4.42 Å². The van der Waals surface area contributed by atoms with Crippen LogP contribution in [0, 0.1) is 17.2 Å². The zero-order valence-corrected chi connectivity index (χ0v) is 17.8. The van der Waals surface area contributed by atoms with Crippen LogP contribution < -0.4 is 5.32 Å². The molecule has 1 amide bonds. The van der Waals surface area contributed by atoms with Gasteiger partial charge in [0.15, 0.2) is 5.58 Å². The van der Waals surface area contributed by atoms with E-state index >= 15 is 0 Å². The molecule has 1 aliphatic rings. The molecule has 158 valence electrons. The highest BCUT2D eigenvalue weighted by Crippen LogP contribution is 2.31. The molecule has 0 aliphatic heterocycles. The van der Waals surface area contributed by atoms with Gasteiger partial charge in [-0.3, -0.25) is 9.59 Å². The molecule has 0 unspecified atom stereocenters. The van der Waals surface area contributed by atoms with Crippen LogP contribution in [0.1, 0.15) is 66.9 Å². The fraction of sp³-hybridized carbons (Fsp3) is 0.360. The highest BCUT2D eigenvalue weighted by atomic mass is 16.3. The standard InChI is InChI=1S/C25H25N3O3/c1-15(2)21-11-17(13-26)12-22-23(21)31-25(28-22)19-7-5-18(6-8-19)24(30)27-14-16-3-9-20(29)10-4-16/h5-8,11-12,15-16H,3-4,9-10,14H2,1-2H3,(H,27,30). The van der Waals surface area contributed by atoms with Crippen molar-refractivity contribution in [1.82, 2.24) is 10.3 Å². The van der Waals surface area contributed by atoms with Crippen molar-refractivity contribution in [3.05, 3.63) is 53.1 Å². The summed E-state index contributed by atoms with van der Waals surface area (Å²) in [6.07, 6.45) is 2.94. The van der Waals surface area contributed by atoms with Crippen LogP contribution in [-0.2, 0) is 4.79 Å². The van der Waals surface area contributed by atoms with E-state index in [1.807, 2.05) is 18.2 Å². The van der Waals surface area contributed by atoms with Gasteiger partial charge in [-0.1, -0.05) is 13.8 Å². The number of ketones is 1. The topological polar surface area (TPSA) is 96.0 Å². The molecular weight excluding hydrogens is 390 g/mol. The summed E-state index contributed by atoms with van der Waals surface area (Å²) in [7, 11) is 0. The van der Waals surface area contributed by atoms with E-state index in [1.165, 1.54) is 0 Å². The smallest absolute Gasteiger partial charge is 0.251 e. The number of carbonyl (C=O) groups excluding carboxylic acids is 2. The van der Waals surface area contributed by atoms with Gasteiger partial charge in [0.2, 0.25) is 5.89 Å². The summed E-state index contributed by atoms with van der Waals surface area (Å²) in [5.41, 5.74) is 4.20. The van der Waals surface area contributed by atoms with E-state index in [1.54, 1.807) is 18.2 Å². The van der Waals surface area contributed by atoms with E-state index in [2.05, 4.69) is 30.2 Å². The number of nitrogens with one attached hydrogen (secondary N) is 1. The minimum Gasteiger partial charge on any atom is -0.436 e. The summed E-state index contributed by atoms with van der Waals surface area (Å²) >= 11 is 0. The molecule has 1 aromatic heterocycles. The Labute approximate surface area is 181 Å². The number of fused-ring (bicyclic) bond motifs is 1. The third-order valence-electron chi connectivity index (χ3n) is 5.88. The van der Waals surface area contributed by atoms with Crippen LogP contribution in [-0.4, -0.2) is 23.2 Å². The molecule has 2 aromatic carbocycles. The Morgan fingerprint density at radius 1 is 1.23 bits per heavy atom. The van der Waals surface area contributed by atoms with Crippen LogP contribution in [0.5, 0.6) is 0 Å². The van der Waals surface area contributed by atoms with Gasteiger partial charge in [0, 0.05) is 36.1 Å². The number of carbonyl (C=O) groups is 2. The zero-order chi connectivity index (χ0) is 22.0. The Hall–Kier alpha value is -3.46. The third-order valence-corrected chi connectivity index (χ3v) is 5.88. The van der Waals surface area contributed by atoms with Crippen molar-refractivity contribution in [2.24, 2.45) is 5.92 Å². The minimum atomic E-state index is -0.123. The molecule has 4 rings (SSSR count). The van der Waals surface area contributed by atoms with Crippen molar-refractivity contribution >= 4 is 22.8 Å². The zero-order valence-electron chi connectivity index (χ0n) is 17.8. The average molecular weight is 415 g/mol. The van der Waals surface area contributed by atoms with Gasteiger partial charge < -0.3 is 9.73 Å². The van der Waals surface area contributed by atoms with Crippen molar-refractivity contribution < 1.29 is 14.0 Å². The molecule has 1 aliphatic carbocycles. The maximum atomic E-state index is 12.5. The highest BCUT2D eigenvalue weighted by molar-refractivity contribution is 5.94. The lowest BCUT2D eigenvalue weighted by Crippen LogP contribution is -2.31. The molecular formula is C25H25N3O3. The first kappa shape index (κ1) is 20.8. The van der Waals surface area contributed by atoms with Gasteiger partial charge in [0.1, 0.15) is 11.3 Å². The van der Waals surface area contributed by atoms with E-state index in [-0.39, 0.29) is 11.8 Å². The molecule has 3 aromatic rings. The number of Topliss-reactive ketones (excluding diaryl/α,β-unsaturated/α-hetero) is 1. The molecule has 1 N–H and O–H groups in total. The van der Waals surface area contributed by atoms with Crippen LogP contribution in [0.3, 0.4) is 0 Å². The van der Waals surface area contributed by atoms with Crippen LogP contribution >= 0.6 is 0 Å². The van der Waals surface area contributed by atoms with Crippen LogP contribution in [0.15, 0.2) is 40.8 Å². The van der Waals surface area contributed by atoms with Gasteiger partial charge >= 0.3 is 0 Å². The first-order valence-corrected chi connectivity index (χ1v) is 10.7. The molecule has 0 atom stereocenters. The summed E-state index contributed by atoms with van der Waals surface area (Å²) in [6, 6.07) is 12.9. The van der Waals surface area contributed by atoms with Crippen LogP contribution in [0.4, 0.5) is 0 Å². The summed E-state index contributed by atoms with van der Waals surface area (Å²) < 4.78 is 6.03. The Morgan fingerprint density at radius 2 is 1.94 bits per heavy atom. The average Bonchev–Trinajstić information content (AvgIpc) is 3.22. The number of oxazole rings is 1. The molecule has 1 heterocycles. The first-order chi connectivity index (χ1) is 14.9. The van der Waals surface area contributed by atoms with Gasteiger partial charge in [0.25, 0.3) is 5.91 Å². The van der Waals surface area contributed by atoms with Crippen LogP contribution in [0.25, 0.3) is 22.6 Å². The second-order valence-corrected chi connectivity index (χ2v) is 8.47. The number of amides is 1. The number of benzene rings is 2. The molecule has 6 heteroatoms. The van der Waals surface area contributed by atoms with Gasteiger partial charge in [-0.15, -0.1) is 0 Å². The van der Waals surface area contributed by atoms with E-state index in [0.29, 0.717) is 59.2 Å². The fourth-order valence-corrected chi connectivity index (χ4v) is 3.98. The van der Waals surface area contributed by atoms with Crippen molar-refractivity contribution in [1.29, 1.82) is 5.26 Å². The Morgan fingerprint density at radius 3 is 2.58 bits per heavy atom. The van der Waals surface area contributed by atoms with Crippen molar-refractivity contribution in [3.63, 3.8) is 0 Å². The van der Waals surface area contributed by atoms with Gasteiger partial charge in [-0.05, 0) is 61.1 Å². The van der Waals surface area contributed by atoms with Crippen molar-refractivity contribution in [2.45, 2.75) is 45.4 Å². The summed E-state index contributed by atoms with van der Waals surface area (Å²) in [5.74, 6) is 1.23. The van der Waals surface area contributed by atoms with E-state index < -0.39 is 0 Å². The predicted octanol–water partition coefficient (Wildman–Crippen LogP) is 4.98. The Kier molecular flexibility index (Phi) is 5.85. The maximum Gasteiger partial charge on any atom is 0.251 e. The lowest BCUT2D eigenvalue weighted by atomic mass is 9.88. The molecule has 1 fully saturated rings. The molecule has 0 bridgehead atoms. The van der Waals surface area contributed by atoms with Crippen LogP contribution in [0.2, 0.25) is 0 Å². The lowest BCUT2D eigenvalue weighted by molar-refractivity contribution is -0.120. The molecule has 0 spiro atoms. The quantitative estimate of drug-likeness (QED) is 0.634. The number of hydrogen-bond donors (Lipinski definition) is 1. The van der Waals surface area contributed by atoms with Gasteiger partial charge in [-0.2, -0.15) is 5.26 Å². The molecule has 0 saturated heterocycles. The normalized spacial score (nSPS) is 14.7. The summed E-state index contributed by atoms with van der Waals surface area (Å²) in [6.45, 7) is 4.70. The first-order valence-electron chi connectivity index (χ1n) is 10.7. The molecule has 0 radical (unpaired) electrons. The number of nitrogens with zero attached hydrogens (tertiary/aromatic N) is 2. The van der Waals surface area contributed by atoms with Gasteiger partial charge in [-0.25, -0.2) is 4.98 Å². The molecule has 6 nitrogen and oxygen atoms in total. The largest absolute Gasteiger partial charge is 0.436 e. The highest BCUT2D eigenvalue weighted by Gasteiger charge is 2.20. The van der Waals surface area contributed by atoms with E-state index in [9.17, 15) is 14.9 Å². The summed E-state index contributed by atoms with van der Waals surface area (Å²) in [5, 5.41) is 12.3. The number of nitriles is 1.